The molecule has 1 heterocycles. The number of hydrogen-bond donors (Lipinski definition) is 1. The van der Waals surface area contributed by atoms with Crippen molar-refractivity contribution in [3.05, 3.63) is 70.0 Å². The van der Waals surface area contributed by atoms with Crippen LogP contribution in [0.3, 0.4) is 0 Å². The Bertz CT molecular complexity index is 759. The lowest BCUT2D eigenvalue weighted by molar-refractivity contribution is 0.137. The van der Waals surface area contributed by atoms with Crippen molar-refractivity contribution in [1.82, 2.24) is 10.2 Å². The third-order valence-electron chi connectivity index (χ3n) is 5.88. The van der Waals surface area contributed by atoms with E-state index in [1.807, 2.05) is 18.2 Å². The Hall–Kier alpha value is -1.42. The van der Waals surface area contributed by atoms with Crippen molar-refractivity contribution in [2.45, 2.75) is 44.2 Å². The van der Waals surface area contributed by atoms with E-state index in [1.165, 1.54) is 29.5 Å². The van der Waals surface area contributed by atoms with Gasteiger partial charge in [-0.15, -0.1) is 0 Å². The Balaban J connectivity index is 1.64. The zero-order valence-corrected chi connectivity index (χ0v) is 16.0. The van der Waals surface area contributed by atoms with Gasteiger partial charge in [0.15, 0.2) is 0 Å². The van der Waals surface area contributed by atoms with Gasteiger partial charge < -0.3 is 5.32 Å². The van der Waals surface area contributed by atoms with Crippen LogP contribution in [0, 0.1) is 5.82 Å². The second-order valence-corrected chi connectivity index (χ2v) is 8.00. The molecule has 0 radical (unpaired) electrons. The summed E-state index contributed by atoms with van der Waals surface area (Å²) in [6, 6.07) is 14.2. The first kappa shape index (κ1) is 18.0. The summed E-state index contributed by atoms with van der Waals surface area (Å²) in [5, 5.41) is 4.45. The van der Waals surface area contributed by atoms with Crippen molar-refractivity contribution in [2.75, 3.05) is 19.6 Å². The van der Waals surface area contributed by atoms with Crippen LogP contribution in [0.5, 0.6) is 0 Å². The summed E-state index contributed by atoms with van der Waals surface area (Å²) in [6.45, 7) is 5.43. The molecule has 0 bridgehead atoms. The second-order valence-electron chi connectivity index (χ2n) is 7.56. The minimum Gasteiger partial charge on any atom is -0.311 e. The van der Waals surface area contributed by atoms with Crippen molar-refractivity contribution in [1.29, 1.82) is 0 Å². The molecule has 3 atom stereocenters. The molecule has 0 saturated carbocycles. The Morgan fingerprint density at radius 3 is 2.73 bits per heavy atom. The van der Waals surface area contributed by atoms with Crippen LogP contribution in [0.2, 0.25) is 5.02 Å². The summed E-state index contributed by atoms with van der Waals surface area (Å²) in [5.74, 6) is 0.136. The van der Waals surface area contributed by atoms with Crippen LogP contribution < -0.4 is 5.32 Å². The van der Waals surface area contributed by atoms with Crippen LogP contribution in [0.4, 0.5) is 4.39 Å². The summed E-state index contributed by atoms with van der Waals surface area (Å²) in [7, 11) is 0. The maximum Gasteiger partial charge on any atom is 0.123 e. The van der Waals surface area contributed by atoms with E-state index in [-0.39, 0.29) is 5.82 Å². The monoisotopic (exact) mass is 372 g/mol. The fraction of sp³-hybridized carbons (Fsp3) is 0.455. The Morgan fingerprint density at radius 1 is 1.15 bits per heavy atom. The average molecular weight is 373 g/mol. The normalized spacial score (nSPS) is 26.0. The largest absolute Gasteiger partial charge is 0.311 e. The van der Waals surface area contributed by atoms with E-state index in [0.717, 1.165) is 31.1 Å². The lowest BCUT2D eigenvalue weighted by Gasteiger charge is -2.38. The van der Waals surface area contributed by atoms with Gasteiger partial charge in [-0.25, -0.2) is 4.39 Å². The van der Waals surface area contributed by atoms with Gasteiger partial charge in [0, 0.05) is 42.7 Å². The van der Waals surface area contributed by atoms with Crippen molar-refractivity contribution in [2.24, 2.45) is 0 Å². The van der Waals surface area contributed by atoms with Crippen LogP contribution in [0.1, 0.15) is 54.8 Å². The van der Waals surface area contributed by atoms with Crippen molar-refractivity contribution in [3.8, 4) is 0 Å². The van der Waals surface area contributed by atoms with Crippen LogP contribution >= 0.6 is 11.6 Å². The molecule has 1 N–H and O–H groups in total. The minimum atomic E-state index is -0.177. The van der Waals surface area contributed by atoms with Gasteiger partial charge in [-0.1, -0.05) is 43.1 Å². The number of piperazine rings is 1. The van der Waals surface area contributed by atoms with Gasteiger partial charge in [0.1, 0.15) is 5.82 Å². The number of fused-ring (bicyclic) bond motifs is 1. The highest BCUT2D eigenvalue weighted by Crippen LogP contribution is 2.47. The van der Waals surface area contributed by atoms with E-state index >= 15 is 0 Å². The van der Waals surface area contributed by atoms with Crippen LogP contribution in [0.15, 0.2) is 42.5 Å². The third kappa shape index (κ3) is 3.53. The fourth-order valence-electron chi connectivity index (χ4n) is 4.66. The molecule has 0 spiro atoms. The molecule has 1 saturated heterocycles. The third-order valence-corrected chi connectivity index (χ3v) is 6.11. The molecule has 3 unspecified atom stereocenters. The molecule has 2 aliphatic rings. The molecule has 2 aromatic carbocycles. The number of rotatable bonds is 4. The molecule has 4 heteroatoms. The van der Waals surface area contributed by atoms with E-state index in [4.69, 9.17) is 11.6 Å². The molecule has 2 nitrogen and oxygen atoms in total. The highest BCUT2D eigenvalue weighted by molar-refractivity contribution is 6.30. The smallest absolute Gasteiger partial charge is 0.123 e. The maximum atomic E-state index is 13.4. The number of nitrogens with zero attached hydrogens (tertiary/aromatic N) is 1. The molecular weight excluding hydrogens is 347 g/mol. The van der Waals surface area contributed by atoms with Crippen LogP contribution in [0.25, 0.3) is 0 Å². The summed E-state index contributed by atoms with van der Waals surface area (Å²) in [5.41, 5.74) is 3.89. The van der Waals surface area contributed by atoms with E-state index in [2.05, 4.69) is 29.3 Å². The molecule has 1 aliphatic heterocycles. The molecule has 2 aromatic rings. The number of nitrogens with one attached hydrogen (secondary N) is 1. The molecule has 0 amide bonds. The van der Waals surface area contributed by atoms with Gasteiger partial charge in [0.05, 0.1) is 0 Å². The SMILES string of the molecule is CCCC1CN(C2CC(c3ccc(F)cc3)c3ccc(Cl)cc32)CCN1. The van der Waals surface area contributed by atoms with Gasteiger partial charge in [-0.05, 0) is 53.8 Å². The number of hydrogen-bond acceptors (Lipinski definition) is 2. The first-order chi connectivity index (χ1) is 12.7. The van der Waals surface area contributed by atoms with E-state index in [0.29, 0.717) is 18.0 Å². The zero-order chi connectivity index (χ0) is 18.1. The topological polar surface area (TPSA) is 15.3 Å². The molecule has 0 aromatic heterocycles. The average Bonchev–Trinajstić information content (AvgIpc) is 3.01. The Labute approximate surface area is 160 Å². The first-order valence-corrected chi connectivity index (χ1v) is 10.1. The molecular formula is C22H26ClFN2. The lowest BCUT2D eigenvalue weighted by atomic mass is 9.93. The summed E-state index contributed by atoms with van der Waals surface area (Å²) >= 11 is 6.34. The summed E-state index contributed by atoms with van der Waals surface area (Å²) in [4.78, 5) is 2.62. The van der Waals surface area contributed by atoms with Crippen LogP contribution in [-0.2, 0) is 0 Å². The number of benzene rings is 2. The predicted octanol–water partition coefficient (Wildman–Crippen LogP) is 5.13. The van der Waals surface area contributed by atoms with Gasteiger partial charge in [0.25, 0.3) is 0 Å². The second kappa shape index (κ2) is 7.67. The van der Waals surface area contributed by atoms with E-state index in [9.17, 15) is 4.39 Å². The highest BCUT2D eigenvalue weighted by Gasteiger charge is 2.37. The van der Waals surface area contributed by atoms with Gasteiger partial charge in [-0.3, -0.25) is 4.90 Å². The standard InChI is InChI=1S/C22H26ClFN2/c1-2-3-18-14-26(11-10-25-18)22-13-20(15-4-7-17(24)8-5-15)19-9-6-16(23)12-21(19)22/h4-9,12,18,20,22,25H,2-3,10-11,13-14H2,1H3. The quantitative estimate of drug-likeness (QED) is 0.800. The number of halogens is 2. The van der Waals surface area contributed by atoms with Crippen molar-refractivity contribution < 1.29 is 4.39 Å². The molecule has 1 fully saturated rings. The van der Waals surface area contributed by atoms with Gasteiger partial charge in [-0.2, -0.15) is 0 Å². The van der Waals surface area contributed by atoms with E-state index < -0.39 is 0 Å². The maximum absolute atomic E-state index is 13.4. The minimum absolute atomic E-state index is 0.177. The molecule has 26 heavy (non-hydrogen) atoms. The highest BCUT2D eigenvalue weighted by atomic mass is 35.5. The first-order valence-electron chi connectivity index (χ1n) is 9.68. The Morgan fingerprint density at radius 2 is 1.96 bits per heavy atom. The predicted molar refractivity (Wildman–Crippen MR) is 105 cm³/mol. The van der Waals surface area contributed by atoms with Gasteiger partial charge >= 0.3 is 0 Å². The summed E-state index contributed by atoms with van der Waals surface area (Å²) < 4.78 is 13.4. The zero-order valence-electron chi connectivity index (χ0n) is 15.2. The van der Waals surface area contributed by atoms with Crippen LogP contribution in [-0.4, -0.2) is 30.6 Å². The molecule has 138 valence electrons. The Kier molecular flexibility index (Phi) is 5.30. The van der Waals surface area contributed by atoms with Gasteiger partial charge in [0.2, 0.25) is 0 Å². The van der Waals surface area contributed by atoms with E-state index in [1.54, 1.807) is 12.1 Å². The fourth-order valence-corrected chi connectivity index (χ4v) is 4.84. The van der Waals surface area contributed by atoms with Crippen molar-refractivity contribution >= 4 is 11.6 Å². The molecule has 1 aliphatic carbocycles. The van der Waals surface area contributed by atoms with Crippen molar-refractivity contribution in [3.63, 3.8) is 0 Å². The molecule has 4 rings (SSSR count). The lowest BCUT2D eigenvalue weighted by Crippen LogP contribution is -2.51. The summed E-state index contributed by atoms with van der Waals surface area (Å²) in [6.07, 6.45) is 3.46.